The lowest BCUT2D eigenvalue weighted by atomic mass is 10.00. The van der Waals surface area contributed by atoms with E-state index in [1.54, 1.807) is 0 Å². The van der Waals surface area contributed by atoms with E-state index in [9.17, 15) is 0 Å². The molecule has 1 aromatic carbocycles. The zero-order valence-electron chi connectivity index (χ0n) is 10.2. The summed E-state index contributed by atoms with van der Waals surface area (Å²) < 4.78 is 0.958. The third-order valence-electron chi connectivity index (χ3n) is 3.29. The van der Waals surface area contributed by atoms with Crippen molar-refractivity contribution in [2.45, 2.75) is 19.9 Å². The Morgan fingerprint density at radius 3 is 2.88 bits per heavy atom. The normalized spacial score (nSPS) is 21.0. The molecule has 4 heteroatoms. The molecule has 0 aromatic heterocycles. The van der Waals surface area contributed by atoms with Gasteiger partial charge in [0.2, 0.25) is 0 Å². The van der Waals surface area contributed by atoms with Crippen molar-refractivity contribution in [1.29, 1.82) is 0 Å². The van der Waals surface area contributed by atoms with Gasteiger partial charge in [0.1, 0.15) is 0 Å². The van der Waals surface area contributed by atoms with E-state index < -0.39 is 0 Å². The molecular weight excluding hydrogens is 300 g/mol. The van der Waals surface area contributed by atoms with Crippen LogP contribution in [0.2, 0.25) is 5.02 Å². The molecule has 1 heterocycles. The Labute approximate surface area is 116 Å². The first-order valence-electron chi connectivity index (χ1n) is 6.02. The summed E-state index contributed by atoms with van der Waals surface area (Å²) in [5, 5.41) is 4.24. The molecule has 1 fully saturated rings. The van der Waals surface area contributed by atoms with Crippen LogP contribution in [0, 0.1) is 5.92 Å². The highest BCUT2D eigenvalue weighted by atomic mass is 79.9. The molecule has 0 saturated carbocycles. The number of hydrogen-bond acceptors (Lipinski definition) is 2. The Morgan fingerprint density at radius 2 is 2.24 bits per heavy atom. The number of nitrogens with zero attached hydrogens (tertiary/aromatic N) is 1. The molecular formula is C13H18BrClN2. The molecule has 0 radical (unpaired) electrons. The molecule has 2 rings (SSSR count). The van der Waals surface area contributed by atoms with Crippen molar-refractivity contribution in [1.82, 2.24) is 5.32 Å². The summed E-state index contributed by atoms with van der Waals surface area (Å²) in [6, 6.07) is 6.75. The summed E-state index contributed by atoms with van der Waals surface area (Å²) >= 11 is 9.61. The van der Waals surface area contributed by atoms with E-state index in [-0.39, 0.29) is 0 Å². The van der Waals surface area contributed by atoms with Crippen LogP contribution >= 0.6 is 27.5 Å². The Balaban J connectivity index is 2.26. The minimum absolute atomic E-state index is 0.543. The summed E-state index contributed by atoms with van der Waals surface area (Å²) in [6.07, 6.45) is 0. The predicted molar refractivity (Wildman–Crippen MR) is 78.0 cm³/mol. The minimum Gasteiger partial charge on any atom is -0.366 e. The van der Waals surface area contributed by atoms with Gasteiger partial charge >= 0.3 is 0 Å². The number of halogens is 2. The van der Waals surface area contributed by atoms with Crippen LogP contribution in [0.15, 0.2) is 22.7 Å². The Bertz CT molecular complexity index is 395. The maximum Gasteiger partial charge on any atom is 0.0568 e. The summed E-state index contributed by atoms with van der Waals surface area (Å²) in [7, 11) is 0. The maximum atomic E-state index is 6.17. The van der Waals surface area contributed by atoms with E-state index in [0.29, 0.717) is 12.0 Å². The second-order valence-electron chi connectivity index (χ2n) is 4.81. The third kappa shape index (κ3) is 2.95. The molecule has 1 unspecified atom stereocenters. The predicted octanol–water partition coefficient (Wildman–Crippen LogP) is 3.54. The summed E-state index contributed by atoms with van der Waals surface area (Å²) in [6.45, 7) is 7.67. The summed E-state index contributed by atoms with van der Waals surface area (Å²) in [5.41, 5.74) is 1.22. The molecule has 1 aromatic rings. The molecule has 1 aliphatic rings. The molecule has 0 aliphatic carbocycles. The average Bonchev–Trinajstić information content (AvgIpc) is 2.32. The molecule has 1 aliphatic heterocycles. The third-order valence-corrected chi connectivity index (χ3v) is 4.52. The fourth-order valence-electron chi connectivity index (χ4n) is 2.31. The molecule has 1 atom stereocenters. The number of benzene rings is 1. The van der Waals surface area contributed by atoms with Gasteiger partial charge in [0.15, 0.2) is 0 Å². The van der Waals surface area contributed by atoms with Gasteiger partial charge in [-0.25, -0.2) is 0 Å². The van der Waals surface area contributed by atoms with Crippen LogP contribution in [-0.2, 0) is 0 Å². The molecule has 94 valence electrons. The van der Waals surface area contributed by atoms with Crippen molar-refractivity contribution >= 4 is 33.2 Å². The van der Waals surface area contributed by atoms with Gasteiger partial charge in [0, 0.05) is 35.8 Å². The van der Waals surface area contributed by atoms with Crippen LogP contribution in [0.3, 0.4) is 0 Å². The number of rotatable bonds is 2. The Kier molecular flexibility index (Phi) is 4.34. The highest BCUT2D eigenvalue weighted by Gasteiger charge is 2.25. The fraction of sp³-hybridized carbons (Fsp3) is 0.538. The van der Waals surface area contributed by atoms with Gasteiger partial charge < -0.3 is 10.2 Å². The van der Waals surface area contributed by atoms with E-state index in [1.807, 2.05) is 12.1 Å². The highest BCUT2D eigenvalue weighted by molar-refractivity contribution is 9.10. The monoisotopic (exact) mass is 316 g/mol. The van der Waals surface area contributed by atoms with E-state index in [2.05, 4.69) is 46.1 Å². The van der Waals surface area contributed by atoms with Gasteiger partial charge in [-0.1, -0.05) is 25.4 Å². The van der Waals surface area contributed by atoms with Crippen LogP contribution in [0.25, 0.3) is 0 Å². The molecule has 2 nitrogen and oxygen atoms in total. The van der Waals surface area contributed by atoms with E-state index >= 15 is 0 Å². The zero-order chi connectivity index (χ0) is 12.4. The molecule has 17 heavy (non-hydrogen) atoms. The average molecular weight is 318 g/mol. The second-order valence-corrected chi connectivity index (χ2v) is 6.07. The van der Waals surface area contributed by atoms with Crippen molar-refractivity contribution in [3.05, 3.63) is 27.7 Å². The number of anilines is 1. The largest absolute Gasteiger partial charge is 0.366 e. The van der Waals surface area contributed by atoms with Gasteiger partial charge in [0.05, 0.1) is 5.02 Å². The van der Waals surface area contributed by atoms with Crippen molar-refractivity contribution in [3.63, 3.8) is 0 Å². The Hall–Kier alpha value is -0.250. The molecule has 0 bridgehead atoms. The van der Waals surface area contributed by atoms with Gasteiger partial charge in [0.25, 0.3) is 0 Å². The lowest BCUT2D eigenvalue weighted by Crippen LogP contribution is -2.53. The SMILES string of the molecule is CC(C)C1CNCCN1c1ccc(Br)c(Cl)c1. The fourth-order valence-corrected chi connectivity index (χ4v) is 2.73. The quantitative estimate of drug-likeness (QED) is 0.897. The van der Waals surface area contributed by atoms with Gasteiger partial charge in [-0.05, 0) is 40.0 Å². The second kappa shape index (κ2) is 5.59. The number of hydrogen-bond donors (Lipinski definition) is 1. The molecule has 0 spiro atoms. The van der Waals surface area contributed by atoms with Crippen LogP contribution in [-0.4, -0.2) is 25.7 Å². The summed E-state index contributed by atoms with van der Waals surface area (Å²) in [4.78, 5) is 2.46. The highest BCUT2D eigenvalue weighted by Crippen LogP contribution is 2.30. The van der Waals surface area contributed by atoms with E-state index in [0.717, 1.165) is 29.1 Å². The van der Waals surface area contributed by atoms with Crippen molar-refractivity contribution < 1.29 is 0 Å². The van der Waals surface area contributed by atoms with Gasteiger partial charge in [-0.2, -0.15) is 0 Å². The lowest BCUT2D eigenvalue weighted by Gasteiger charge is -2.40. The topological polar surface area (TPSA) is 15.3 Å². The maximum absolute atomic E-state index is 6.17. The first kappa shape index (κ1) is 13.2. The zero-order valence-corrected chi connectivity index (χ0v) is 12.6. The van der Waals surface area contributed by atoms with E-state index in [4.69, 9.17) is 11.6 Å². The van der Waals surface area contributed by atoms with Crippen molar-refractivity contribution in [3.8, 4) is 0 Å². The van der Waals surface area contributed by atoms with Crippen LogP contribution in [0.1, 0.15) is 13.8 Å². The number of nitrogens with one attached hydrogen (secondary N) is 1. The minimum atomic E-state index is 0.543. The summed E-state index contributed by atoms with van der Waals surface area (Å²) in [5.74, 6) is 0.630. The van der Waals surface area contributed by atoms with Crippen LogP contribution in [0.5, 0.6) is 0 Å². The van der Waals surface area contributed by atoms with E-state index in [1.165, 1.54) is 5.69 Å². The van der Waals surface area contributed by atoms with Gasteiger partial charge in [-0.15, -0.1) is 0 Å². The first-order valence-corrected chi connectivity index (χ1v) is 7.19. The Morgan fingerprint density at radius 1 is 1.47 bits per heavy atom. The van der Waals surface area contributed by atoms with Crippen molar-refractivity contribution in [2.24, 2.45) is 5.92 Å². The molecule has 0 amide bonds. The standard InChI is InChI=1S/C13H18BrClN2/c1-9(2)13-8-16-5-6-17(13)10-3-4-11(14)12(15)7-10/h3-4,7,9,13,16H,5-6,8H2,1-2H3. The smallest absolute Gasteiger partial charge is 0.0568 e. The number of piperazine rings is 1. The molecule has 1 N–H and O–H groups in total. The molecule has 1 saturated heterocycles. The van der Waals surface area contributed by atoms with Crippen LogP contribution in [0.4, 0.5) is 5.69 Å². The van der Waals surface area contributed by atoms with Gasteiger partial charge in [-0.3, -0.25) is 0 Å². The van der Waals surface area contributed by atoms with Crippen molar-refractivity contribution in [2.75, 3.05) is 24.5 Å². The lowest BCUT2D eigenvalue weighted by molar-refractivity contribution is 0.390. The van der Waals surface area contributed by atoms with Crippen LogP contribution < -0.4 is 10.2 Å². The first-order chi connectivity index (χ1) is 8.09.